The molecule has 6 heteroatoms. The number of fused-ring (bicyclic) bond motifs is 3. The van der Waals surface area contributed by atoms with Gasteiger partial charge in [-0.2, -0.15) is 0 Å². The van der Waals surface area contributed by atoms with Gasteiger partial charge in [-0.3, -0.25) is 0 Å². The molecule has 0 aromatic rings. The van der Waals surface area contributed by atoms with Crippen molar-refractivity contribution in [1.29, 1.82) is 0 Å². The van der Waals surface area contributed by atoms with E-state index >= 15 is 0 Å². The maximum Gasteiger partial charge on any atom is 0.351 e. The van der Waals surface area contributed by atoms with Crippen LogP contribution in [0.2, 0.25) is 0 Å². The predicted octanol–water partition coefficient (Wildman–Crippen LogP) is 1.89. The van der Waals surface area contributed by atoms with Crippen molar-refractivity contribution in [2.75, 3.05) is 0 Å². The Balaban J connectivity index is 1.98. The second-order valence-corrected chi connectivity index (χ2v) is 8.50. The van der Waals surface area contributed by atoms with E-state index in [1.165, 1.54) is 0 Å². The van der Waals surface area contributed by atoms with Gasteiger partial charge in [0.1, 0.15) is 6.10 Å². The van der Waals surface area contributed by atoms with Crippen LogP contribution < -0.4 is 0 Å². The van der Waals surface area contributed by atoms with Gasteiger partial charge in [0.25, 0.3) is 0 Å². The fourth-order valence-electron chi connectivity index (χ4n) is 4.97. The molecule has 1 heterocycles. The molecule has 2 N–H and O–H groups in total. The van der Waals surface area contributed by atoms with Crippen LogP contribution in [0.3, 0.4) is 0 Å². The Morgan fingerprint density at radius 3 is 2.65 bits per heavy atom. The van der Waals surface area contributed by atoms with Crippen molar-refractivity contribution in [2.24, 2.45) is 17.3 Å². The average Bonchev–Trinajstić information content (AvgIpc) is 2.80. The third-order valence-electron chi connectivity index (χ3n) is 6.77. The summed E-state index contributed by atoms with van der Waals surface area (Å²) in [6.45, 7) is 8.53. The zero-order valence-corrected chi connectivity index (χ0v) is 16.0. The van der Waals surface area contributed by atoms with Gasteiger partial charge in [0, 0.05) is 22.8 Å². The Bertz CT molecular complexity index is 692. The van der Waals surface area contributed by atoms with Gasteiger partial charge in [0.05, 0.1) is 11.7 Å². The predicted molar refractivity (Wildman–Crippen MR) is 93.9 cm³/mol. The number of esters is 2. The first-order valence-corrected chi connectivity index (χ1v) is 9.14. The zero-order valence-electron chi connectivity index (χ0n) is 16.0. The lowest BCUT2D eigenvalue weighted by molar-refractivity contribution is -0.175. The standard InChI is InChI=1S/C20H28O6/c1-6-11(2)16(22)26-20(5)12-7-9-18(3)13(21)8-10-19(4,24)15(18)14(12)25-17(20)23/h6,8,10,12-15,21,24H,7,9H2,1-5H3/b11-6-/t12-,13+,14+,15-,18+,19+,20-/m1/s1. The second kappa shape index (κ2) is 5.92. The van der Waals surface area contributed by atoms with Gasteiger partial charge in [-0.05, 0) is 40.5 Å². The molecule has 0 spiro atoms. The molecule has 2 aliphatic carbocycles. The molecule has 0 aromatic carbocycles. The van der Waals surface area contributed by atoms with E-state index in [1.54, 1.807) is 45.9 Å². The number of carbonyl (C=O) groups is 2. The van der Waals surface area contributed by atoms with Crippen LogP contribution in [0.25, 0.3) is 0 Å². The average molecular weight is 364 g/mol. The van der Waals surface area contributed by atoms with Crippen LogP contribution in [0.4, 0.5) is 0 Å². The molecule has 0 amide bonds. The first-order valence-electron chi connectivity index (χ1n) is 9.14. The van der Waals surface area contributed by atoms with Crippen molar-refractivity contribution in [3.05, 3.63) is 23.8 Å². The first kappa shape index (κ1) is 19.1. The molecule has 1 saturated carbocycles. The van der Waals surface area contributed by atoms with E-state index in [-0.39, 0.29) is 5.92 Å². The molecule has 7 atom stereocenters. The molecule has 0 aromatic heterocycles. The summed E-state index contributed by atoms with van der Waals surface area (Å²) in [5.41, 5.74) is -2.82. The van der Waals surface area contributed by atoms with Gasteiger partial charge >= 0.3 is 11.9 Å². The van der Waals surface area contributed by atoms with Gasteiger partial charge < -0.3 is 19.7 Å². The molecule has 2 fully saturated rings. The monoisotopic (exact) mass is 364 g/mol. The number of carbonyl (C=O) groups excluding carboxylic acids is 2. The van der Waals surface area contributed by atoms with Crippen LogP contribution in [-0.4, -0.2) is 45.6 Å². The van der Waals surface area contributed by atoms with Crippen molar-refractivity contribution in [1.82, 2.24) is 0 Å². The normalized spacial score (nSPS) is 47.8. The minimum Gasteiger partial charge on any atom is -0.458 e. The fraction of sp³-hybridized carbons (Fsp3) is 0.700. The zero-order chi connectivity index (χ0) is 19.5. The van der Waals surface area contributed by atoms with E-state index < -0.39 is 46.7 Å². The number of aliphatic hydroxyl groups excluding tert-OH is 1. The Morgan fingerprint density at radius 1 is 1.38 bits per heavy atom. The maximum absolute atomic E-state index is 12.7. The first-order chi connectivity index (χ1) is 12.0. The summed E-state index contributed by atoms with van der Waals surface area (Å²) in [4.78, 5) is 25.0. The summed E-state index contributed by atoms with van der Waals surface area (Å²) in [5, 5.41) is 21.5. The number of aliphatic hydroxyl groups is 2. The third kappa shape index (κ3) is 2.54. The van der Waals surface area contributed by atoms with Crippen molar-refractivity contribution in [3.8, 4) is 0 Å². The van der Waals surface area contributed by atoms with E-state index in [0.29, 0.717) is 18.4 Å². The third-order valence-corrected chi connectivity index (χ3v) is 6.77. The Kier molecular flexibility index (Phi) is 4.36. The highest BCUT2D eigenvalue weighted by atomic mass is 16.6. The van der Waals surface area contributed by atoms with E-state index in [9.17, 15) is 19.8 Å². The van der Waals surface area contributed by atoms with E-state index in [1.807, 2.05) is 6.92 Å². The molecule has 0 unspecified atom stereocenters. The summed E-state index contributed by atoms with van der Waals surface area (Å²) < 4.78 is 11.3. The van der Waals surface area contributed by atoms with E-state index in [0.717, 1.165) is 0 Å². The summed E-state index contributed by atoms with van der Waals surface area (Å²) in [6, 6.07) is 0. The van der Waals surface area contributed by atoms with Crippen LogP contribution in [0, 0.1) is 17.3 Å². The Morgan fingerprint density at radius 2 is 2.04 bits per heavy atom. The lowest BCUT2D eigenvalue weighted by atomic mass is 9.52. The quantitative estimate of drug-likeness (QED) is 0.442. The summed E-state index contributed by atoms with van der Waals surface area (Å²) in [7, 11) is 0. The smallest absolute Gasteiger partial charge is 0.351 e. The molecule has 6 nitrogen and oxygen atoms in total. The molecule has 0 radical (unpaired) electrons. The van der Waals surface area contributed by atoms with Crippen molar-refractivity contribution < 1.29 is 29.3 Å². The number of ether oxygens (including phenoxy) is 2. The summed E-state index contributed by atoms with van der Waals surface area (Å²) >= 11 is 0. The Labute approximate surface area is 153 Å². The SMILES string of the molecule is C/C=C(/C)C(=O)O[C@@]1(C)C(=O)O[C@@H]2[C@@H]3[C@@](C)(CC[C@H]21)[C@@H](O)C=C[C@]3(C)O. The molecular weight excluding hydrogens is 336 g/mol. The van der Waals surface area contributed by atoms with Crippen LogP contribution in [-0.2, 0) is 19.1 Å². The second-order valence-electron chi connectivity index (χ2n) is 8.50. The highest BCUT2D eigenvalue weighted by Crippen LogP contribution is 2.58. The molecule has 1 saturated heterocycles. The molecule has 26 heavy (non-hydrogen) atoms. The summed E-state index contributed by atoms with van der Waals surface area (Å²) in [6.07, 6.45) is 4.62. The number of hydrogen-bond donors (Lipinski definition) is 2. The van der Waals surface area contributed by atoms with Crippen LogP contribution in [0.15, 0.2) is 23.8 Å². The number of allylic oxidation sites excluding steroid dienone is 1. The highest BCUT2D eigenvalue weighted by Gasteiger charge is 2.68. The van der Waals surface area contributed by atoms with Crippen LogP contribution >= 0.6 is 0 Å². The lowest BCUT2D eigenvalue weighted by Crippen LogP contribution is -2.61. The van der Waals surface area contributed by atoms with Crippen molar-refractivity contribution in [2.45, 2.75) is 70.9 Å². The van der Waals surface area contributed by atoms with Gasteiger partial charge in [0.2, 0.25) is 5.60 Å². The highest BCUT2D eigenvalue weighted by molar-refractivity contribution is 5.92. The van der Waals surface area contributed by atoms with Gasteiger partial charge in [-0.1, -0.05) is 25.2 Å². The molecule has 144 valence electrons. The Hall–Kier alpha value is -1.66. The van der Waals surface area contributed by atoms with Crippen LogP contribution in [0.1, 0.15) is 47.5 Å². The minimum atomic E-state index is -1.39. The number of hydrogen-bond acceptors (Lipinski definition) is 6. The van der Waals surface area contributed by atoms with E-state index in [4.69, 9.17) is 9.47 Å². The van der Waals surface area contributed by atoms with Crippen LogP contribution in [0.5, 0.6) is 0 Å². The molecular formula is C20H28O6. The van der Waals surface area contributed by atoms with Crippen molar-refractivity contribution >= 4 is 11.9 Å². The molecule has 3 aliphatic rings. The summed E-state index contributed by atoms with van der Waals surface area (Å²) in [5.74, 6) is -1.99. The van der Waals surface area contributed by atoms with Gasteiger partial charge in [0.15, 0.2) is 0 Å². The number of rotatable bonds is 2. The van der Waals surface area contributed by atoms with Crippen molar-refractivity contribution in [3.63, 3.8) is 0 Å². The topological polar surface area (TPSA) is 93.1 Å². The largest absolute Gasteiger partial charge is 0.458 e. The molecule has 0 bridgehead atoms. The lowest BCUT2D eigenvalue weighted by Gasteiger charge is -2.55. The van der Waals surface area contributed by atoms with E-state index in [2.05, 4.69) is 0 Å². The molecule has 3 rings (SSSR count). The van der Waals surface area contributed by atoms with Gasteiger partial charge in [-0.25, -0.2) is 9.59 Å². The fourth-order valence-corrected chi connectivity index (χ4v) is 4.97. The molecule has 1 aliphatic heterocycles. The maximum atomic E-state index is 12.7. The van der Waals surface area contributed by atoms with Gasteiger partial charge in [-0.15, -0.1) is 0 Å². The minimum absolute atomic E-state index is 0.369.